The van der Waals surface area contributed by atoms with Gasteiger partial charge in [0.1, 0.15) is 17.4 Å². The summed E-state index contributed by atoms with van der Waals surface area (Å²) in [6.45, 7) is 0.783. The van der Waals surface area contributed by atoms with Gasteiger partial charge < -0.3 is 15.0 Å². The molecule has 156 valence electrons. The molecule has 0 unspecified atom stereocenters. The molecule has 3 aromatic rings. The Bertz CT molecular complexity index is 1040. The number of hydrogen-bond donors (Lipinski definition) is 1. The van der Waals surface area contributed by atoms with Crippen molar-refractivity contribution in [1.82, 2.24) is 9.88 Å². The molecule has 4 rings (SSSR count). The molecule has 2 amide bonds. The molecule has 1 aliphatic rings. The quantitative estimate of drug-likeness (QED) is 0.629. The normalized spacial score (nSPS) is 15.2. The first kappa shape index (κ1) is 20.0. The highest BCUT2D eigenvalue weighted by Gasteiger charge is 2.34. The summed E-state index contributed by atoms with van der Waals surface area (Å²) in [6, 6.07) is 14.0. The zero-order valence-electron chi connectivity index (χ0n) is 16.0. The minimum absolute atomic E-state index is 0.0934. The summed E-state index contributed by atoms with van der Waals surface area (Å²) in [5, 5.41) is 3.37. The van der Waals surface area contributed by atoms with Crippen LogP contribution in [0, 0.1) is 0 Å². The van der Waals surface area contributed by atoms with E-state index >= 15 is 0 Å². The van der Waals surface area contributed by atoms with Gasteiger partial charge in [0.05, 0.1) is 11.3 Å². The summed E-state index contributed by atoms with van der Waals surface area (Å²) in [5.74, 6) is 0.690. The number of pyridine rings is 1. The van der Waals surface area contributed by atoms with Crippen LogP contribution in [0.1, 0.15) is 18.4 Å². The van der Waals surface area contributed by atoms with E-state index in [-0.39, 0.29) is 11.8 Å². The summed E-state index contributed by atoms with van der Waals surface area (Å²) in [5.41, 5.74) is -0.320. The average Bonchev–Trinajstić information content (AvgIpc) is 2.74. The van der Waals surface area contributed by atoms with Crippen molar-refractivity contribution in [3.63, 3.8) is 0 Å². The number of carbonyl (C=O) groups excluding carboxylic acids is 1. The highest BCUT2D eigenvalue weighted by atomic mass is 19.4. The Morgan fingerprint density at radius 2 is 1.77 bits per heavy atom. The largest absolute Gasteiger partial charge is 0.488 e. The van der Waals surface area contributed by atoms with Crippen LogP contribution in [0.3, 0.4) is 0 Å². The van der Waals surface area contributed by atoms with Gasteiger partial charge in [0.25, 0.3) is 0 Å². The number of carbonyl (C=O) groups is 1. The minimum atomic E-state index is -4.53. The predicted octanol–water partition coefficient (Wildman–Crippen LogP) is 5.33. The molecule has 0 atom stereocenters. The van der Waals surface area contributed by atoms with Crippen molar-refractivity contribution in [2.75, 3.05) is 18.4 Å². The summed E-state index contributed by atoms with van der Waals surface area (Å²) >= 11 is 0. The number of alkyl halides is 3. The molecule has 1 fully saturated rings. The van der Waals surface area contributed by atoms with Crippen LogP contribution in [0.25, 0.3) is 10.9 Å². The lowest BCUT2D eigenvalue weighted by molar-refractivity contribution is -0.136. The van der Waals surface area contributed by atoms with Crippen LogP contribution >= 0.6 is 0 Å². The fourth-order valence-corrected chi connectivity index (χ4v) is 3.56. The standard InChI is InChI=1S/C22H20F3N3O2/c23-22(24,25)17-7-1-2-8-18(17)27-21(29)28-13-10-16(11-14-28)30-19-9-3-5-15-6-4-12-26-20(15)19/h1-9,12,16H,10-11,13-14H2,(H,27,29). The van der Waals surface area contributed by atoms with Gasteiger partial charge in [-0.3, -0.25) is 4.98 Å². The van der Waals surface area contributed by atoms with Crippen LogP contribution in [-0.4, -0.2) is 35.1 Å². The van der Waals surface area contributed by atoms with E-state index in [9.17, 15) is 18.0 Å². The average molecular weight is 415 g/mol. The van der Waals surface area contributed by atoms with Crippen molar-refractivity contribution in [1.29, 1.82) is 0 Å². The number of nitrogens with zero attached hydrogens (tertiary/aromatic N) is 2. The summed E-state index contributed by atoms with van der Waals surface area (Å²) in [7, 11) is 0. The number of hydrogen-bond acceptors (Lipinski definition) is 3. The van der Waals surface area contributed by atoms with Crippen LogP contribution in [0.4, 0.5) is 23.7 Å². The molecule has 30 heavy (non-hydrogen) atoms. The zero-order valence-corrected chi connectivity index (χ0v) is 16.0. The number of fused-ring (bicyclic) bond motifs is 1. The molecule has 1 aromatic heterocycles. The Balaban J connectivity index is 1.37. The number of nitrogens with one attached hydrogen (secondary N) is 1. The number of para-hydroxylation sites is 2. The van der Waals surface area contributed by atoms with Crippen LogP contribution in [0.15, 0.2) is 60.8 Å². The summed E-state index contributed by atoms with van der Waals surface area (Å²) < 4.78 is 45.5. The number of rotatable bonds is 3. The number of halogens is 3. The maximum absolute atomic E-state index is 13.1. The third kappa shape index (κ3) is 4.32. The zero-order chi connectivity index (χ0) is 21.1. The van der Waals surface area contributed by atoms with Gasteiger partial charge in [-0.25, -0.2) is 4.79 Å². The Labute approximate surface area is 171 Å². The molecule has 0 spiro atoms. The fourth-order valence-electron chi connectivity index (χ4n) is 3.56. The Morgan fingerprint density at radius 1 is 1.03 bits per heavy atom. The van der Waals surface area contributed by atoms with E-state index in [0.29, 0.717) is 31.7 Å². The Morgan fingerprint density at radius 3 is 2.53 bits per heavy atom. The fraction of sp³-hybridized carbons (Fsp3) is 0.273. The van der Waals surface area contributed by atoms with Gasteiger partial charge in [0, 0.05) is 37.5 Å². The number of piperidine rings is 1. The molecular weight excluding hydrogens is 395 g/mol. The lowest BCUT2D eigenvalue weighted by Gasteiger charge is -2.32. The van der Waals surface area contributed by atoms with Crippen LogP contribution in [0.2, 0.25) is 0 Å². The Kier molecular flexibility index (Phi) is 5.48. The molecule has 0 saturated carbocycles. The molecule has 5 nitrogen and oxygen atoms in total. The van der Waals surface area contributed by atoms with Crippen molar-refractivity contribution in [3.05, 3.63) is 66.4 Å². The van der Waals surface area contributed by atoms with Gasteiger partial charge in [0.2, 0.25) is 0 Å². The number of urea groups is 1. The highest BCUT2D eigenvalue weighted by Crippen LogP contribution is 2.35. The van der Waals surface area contributed by atoms with Crippen molar-refractivity contribution in [2.24, 2.45) is 0 Å². The Hall–Kier alpha value is -3.29. The molecule has 0 radical (unpaired) electrons. The molecule has 1 aliphatic heterocycles. The van der Waals surface area contributed by atoms with Gasteiger partial charge in [-0.1, -0.05) is 30.3 Å². The van der Waals surface area contributed by atoms with E-state index in [0.717, 1.165) is 17.0 Å². The topological polar surface area (TPSA) is 54.5 Å². The number of ether oxygens (including phenoxy) is 1. The van der Waals surface area contributed by atoms with Crippen LogP contribution in [-0.2, 0) is 6.18 Å². The van der Waals surface area contributed by atoms with E-state index < -0.39 is 17.8 Å². The molecule has 8 heteroatoms. The highest BCUT2D eigenvalue weighted by molar-refractivity contribution is 5.90. The van der Waals surface area contributed by atoms with Gasteiger partial charge in [0.15, 0.2) is 0 Å². The van der Waals surface area contributed by atoms with Gasteiger partial charge in [-0.15, -0.1) is 0 Å². The van der Waals surface area contributed by atoms with Crippen molar-refractivity contribution < 1.29 is 22.7 Å². The molecule has 0 bridgehead atoms. The molecular formula is C22H20F3N3O2. The second-order valence-corrected chi connectivity index (χ2v) is 7.11. The number of likely N-dealkylation sites (tertiary alicyclic amines) is 1. The van der Waals surface area contributed by atoms with Crippen LogP contribution < -0.4 is 10.1 Å². The predicted molar refractivity (Wildman–Crippen MR) is 107 cm³/mol. The second kappa shape index (κ2) is 8.22. The third-order valence-corrected chi connectivity index (χ3v) is 5.09. The summed E-state index contributed by atoms with van der Waals surface area (Å²) in [6.07, 6.45) is -1.75. The molecule has 2 heterocycles. The first-order valence-electron chi connectivity index (χ1n) is 9.64. The van der Waals surface area contributed by atoms with E-state index in [1.54, 1.807) is 6.20 Å². The van der Waals surface area contributed by atoms with Gasteiger partial charge in [-0.05, 0) is 24.3 Å². The van der Waals surface area contributed by atoms with E-state index in [1.165, 1.54) is 23.1 Å². The van der Waals surface area contributed by atoms with E-state index in [4.69, 9.17) is 4.74 Å². The lowest BCUT2D eigenvalue weighted by Crippen LogP contribution is -2.44. The number of amides is 2. The second-order valence-electron chi connectivity index (χ2n) is 7.11. The number of aromatic nitrogens is 1. The number of anilines is 1. The van der Waals surface area contributed by atoms with Crippen LogP contribution in [0.5, 0.6) is 5.75 Å². The molecule has 2 aromatic carbocycles. The minimum Gasteiger partial charge on any atom is -0.488 e. The van der Waals surface area contributed by atoms with Crippen molar-refractivity contribution in [2.45, 2.75) is 25.1 Å². The van der Waals surface area contributed by atoms with E-state index in [2.05, 4.69) is 10.3 Å². The maximum Gasteiger partial charge on any atom is 0.418 e. The maximum atomic E-state index is 13.1. The molecule has 0 aliphatic carbocycles. The molecule has 1 saturated heterocycles. The smallest absolute Gasteiger partial charge is 0.418 e. The molecule has 1 N–H and O–H groups in total. The van der Waals surface area contributed by atoms with Crippen molar-refractivity contribution in [3.8, 4) is 5.75 Å². The monoisotopic (exact) mass is 415 g/mol. The van der Waals surface area contributed by atoms with Crippen molar-refractivity contribution >= 4 is 22.6 Å². The van der Waals surface area contributed by atoms with Gasteiger partial charge >= 0.3 is 12.2 Å². The SMILES string of the molecule is O=C(Nc1ccccc1C(F)(F)F)N1CCC(Oc2cccc3cccnc23)CC1. The summed E-state index contributed by atoms with van der Waals surface area (Å²) in [4.78, 5) is 18.4. The van der Waals surface area contributed by atoms with E-state index in [1.807, 2.05) is 30.3 Å². The van der Waals surface area contributed by atoms with Gasteiger partial charge in [-0.2, -0.15) is 13.2 Å². The lowest BCUT2D eigenvalue weighted by atomic mass is 10.1. The first-order valence-corrected chi connectivity index (χ1v) is 9.64. The first-order chi connectivity index (χ1) is 14.4. The number of benzene rings is 2. The third-order valence-electron chi connectivity index (χ3n) is 5.09.